The highest BCUT2D eigenvalue weighted by Crippen LogP contribution is 2.31. The first-order chi connectivity index (χ1) is 16.7. The first kappa shape index (κ1) is 23.8. The summed E-state index contributed by atoms with van der Waals surface area (Å²) in [7, 11) is 2.14. The van der Waals surface area contributed by atoms with E-state index in [9.17, 15) is 4.79 Å². The third-order valence-electron chi connectivity index (χ3n) is 7.31. The fourth-order valence-corrected chi connectivity index (χ4v) is 5.20. The van der Waals surface area contributed by atoms with Crippen LogP contribution in [0.25, 0.3) is 5.65 Å². The molecule has 2 atom stereocenters. The molecular formula is C25H33ClN8O. The second-order valence-electron chi connectivity index (χ2n) is 10.2. The molecule has 0 radical (unpaired) electrons. The summed E-state index contributed by atoms with van der Waals surface area (Å²) in [5.74, 6) is 1.29. The second kappa shape index (κ2) is 9.28. The molecule has 2 fully saturated rings. The van der Waals surface area contributed by atoms with Crippen molar-refractivity contribution in [3.63, 3.8) is 0 Å². The number of likely N-dealkylation sites (N-methyl/N-ethyl adjacent to an activating group) is 1. The number of rotatable bonds is 5. The Bertz CT molecular complexity index is 1230. The first-order valence-corrected chi connectivity index (χ1v) is 12.6. The standard InChI is InChI=1S/C25H33ClN8O/c1-17-15-33(12-11-31(17)4)24-28-13-19(26)22(29-24)32-10-8-18(16-32)23(35)30-25(2,3)20-14-27-21-7-5-6-9-34(20)21/h5-7,9,13-14,17-18H,8,10-12,15-16H2,1-4H3,(H,30,35)/t17-,18+/m1/s1. The Balaban J connectivity index is 1.28. The predicted molar refractivity (Wildman–Crippen MR) is 138 cm³/mol. The summed E-state index contributed by atoms with van der Waals surface area (Å²) in [6.45, 7) is 10.3. The molecule has 35 heavy (non-hydrogen) atoms. The van der Waals surface area contributed by atoms with E-state index in [0.717, 1.165) is 43.9 Å². The molecular weight excluding hydrogens is 464 g/mol. The SMILES string of the molecule is C[C@@H]1CN(c2ncc(Cl)c(N3CC[C@H](C(=O)NC(C)(C)c4cnc5ccccn45)C3)n2)CCN1C. The Morgan fingerprint density at radius 1 is 1.11 bits per heavy atom. The molecule has 3 aromatic rings. The van der Waals surface area contributed by atoms with E-state index in [-0.39, 0.29) is 11.8 Å². The molecule has 1 N–H and O–H groups in total. The molecule has 0 aromatic carbocycles. The minimum atomic E-state index is -0.566. The van der Waals surface area contributed by atoms with E-state index in [2.05, 4.69) is 44.0 Å². The van der Waals surface area contributed by atoms with Crippen LogP contribution in [0.5, 0.6) is 0 Å². The van der Waals surface area contributed by atoms with E-state index >= 15 is 0 Å². The topological polar surface area (TPSA) is 81.9 Å². The van der Waals surface area contributed by atoms with Crippen molar-refractivity contribution in [1.29, 1.82) is 0 Å². The minimum absolute atomic E-state index is 0.0293. The van der Waals surface area contributed by atoms with Gasteiger partial charge in [-0.15, -0.1) is 0 Å². The number of nitrogens with zero attached hydrogens (tertiary/aromatic N) is 7. The zero-order valence-corrected chi connectivity index (χ0v) is 21.5. The van der Waals surface area contributed by atoms with Crippen LogP contribution in [0.2, 0.25) is 5.02 Å². The minimum Gasteiger partial charge on any atom is -0.354 e. The molecule has 5 heterocycles. The normalized spacial score (nSPS) is 21.6. The molecule has 9 nitrogen and oxygen atoms in total. The van der Waals surface area contributed by atoms with Gasteiger partial charge >= 0.3 is 0 Å². The fraction of sp³-hybridized carbons (Fsp3) is 0.520. The summed E-state index contributed by atoms with van der Waals surface area (Å²) in [6.07, 6.45) is 6.23. The lowest BCUT2D eigenvalue weighted by Crippen LogP contribution is -2.50. The van der Waals surface area contributed by atoms with Gasteiger partial charge in [0.2, 0.25) is 11.9 Å². The van der Waals surface area contributed by atoms with Crippen LogP contribution < -0.4 is 15.1 Å². The summed E-state index contributed by atoms with van der Waals surface area (Å²) in [5.41, 5.74) is 1.24. The maximum atomic E-state index is 13.3. The molecule has 0 aliphatic carbocycles. The summed E-state index contributed by atoms with van der Waals surface area (Å²) in [6, 6.07) is 6.31. The van der Waals surface area contributed by atoms with Crippen molar-refractivity contribution in [2.24, 2.45) is 5.92 Å². The molecule has 0 unspecified atom stereocenters. The fourth-order valence-electron chi connectivity index (χ4n) is 4.99. The van der Waals surface area contributed by atoms with Gasteiger partial charge in [-0.2, -0.15) is 4.98 Å². The van der Waals surface area contributed by atoms with Gasteiger partial charge in [0.1, 0.15) is 10.7 Å². The van der Waals surface area contributed by atoms with Gasteiger partial charge in [-0.05, 0) is 46.4 Å². The molecule has 0 bridgehead atoms. The van der Waals surface area contributed by atoms with Crippen LogP contribution in [0.4, 0.5) is 11.8 Å². The maximum Gasteiger partial charge on any atom is 0.227 e. The van der Waals surface area contributed by atoms with Crippen molar-refractivity contribution in [3.8, 4) is 0 Å². The zero-order chi connectivity index (χ0) is 24.7. The molecule has 10 heteroatoms. The molecule has 186 valence electrons. The highest BCUT2D eigenvalue weighted by Gasteiger charge is 2.35. The smallest absolute Gasteiger partial charge is 0.227 e. The number of halogens is 1. The lowest BCUT2D eigenvalue weighted by atomic mass is 9.98. The monoisotopic (exact) mass is 496 g/mol. The predicted octanol–water partition coefficient (Wildman–Crippen LogP) is 2.80. The molecule has 2 saturated heterocycles. The van der Waals surface area contributed by atoms with Crippen molar-refractivity contribution in [3.05, 3.63) is 47.5 Å². The van der Waals surface area contributed by atoms with Crippen molar-refractivity contribution in [2.75, 3.05) is 49.6 Å². The van der Waals surface area contributed by atoms with Crippen LogP contribution in [0.1, 0.15) is 32.9 Å². The van der Waals surface area contributed by atoms with Crippen LogP contribution in [0.15, 0.2) is 36.8 Å². The molecule has 5 rings (SSSR count). The van der Waals surface area contributed by atoms with Gasteiger partial charge in [0.05, 0.1) is 29.5 Å². The van der Waals surface area contributed by atoms with Crippen molar-refractivity contribution in [2.45, 2.75) is 38.8 Å². The molecule has 0 spiro atoms. The highest BCUT2D eigenvalue weighted by atomic mass is 35.5. The Kier molecular flexibility index (Phi) is 6.31. The number of anilines is 2. The summed E-state index contributed by atoms with van der Waals surface area (Å²) in [5, 5.41) is 3.76. The van der Waals surface area contributed by atoms with Gasteiger partial charge in [0, 0.05) is 45.0 Å². The van der Waals surface area contributed by atoms with E-state index in [0.29, 0.717) is 29.4 Å². The Labute approximate surface area is 211 Å². The number of pyridine rings is 1. The summed E-state index contributed by atoms with van der Waals surface area (Å²) < 4.78 is 2.02. The lowest BCUT2D eigenvalue weighted by molar-refractivity contribution is -0.126. The van der Waals surface area contributed by atoms with Crippen LogP contribution in [-0.2, 0) is 10.3 Å². The summed E-state index contributed by atoms with van der Waals surface area (Å²) in [4.78, 5) is 33.8. The second-order valence-corrected chi connectivity index (χ2v) is 10.6. The molecule has 2 aliphatic rings. The van der Waals surface area contributed by atoms with Gasteiger partial charge in [0.15, 0.2) is 5.82 Å². The number of aromatic nitrogens is 4. The van der Waals surface area contributed by atoms with E-state index in [1.807, 2.05) is 48.8 Å². The van der Waals surface area contributed by atoms with Crippen LogP contribution in [0, 0.1) is 5.92 Å². The van der Waals surface area contributed by atoms with Crippen molar-refractivity contribution < 1.29 is 4.79 Å². The average Bonchev–Trinajstić information content (AvgIpc) is 3.49. The zero-order valence-electron chi connectivity index (χ0n) is 20.8. The average molecular weight is 497 g/mol. The first-order valence-electron chi connectivity index (χ1n) is 12.2. The summed E-state index contributed by atoms with van der Waals surface area (Å²) >= 11 is 6.52. The number of hydrogen-bond donors (Lipinski definition) is 1. The molecule has 2 aliphatic heterocycles. The number of nitrogens with one attached hydrogen (secondary N) is 1. The molecule has 3 aromatic heterocycles. The van der Waals surface area contributed by atoms with Gasteiger partial charge in [0.25, 0.3) is 0 Å². The van der Waals surface area contributed by atoms with Crippen LogP contribution in [0.3, 0.4) is 0 Å². The van der Waals surface area contributed by atoms with Gasteiger partial charge < -0.3 is 24.4 Å². The number of amides is 1. The number of carbonyl (C=O) groups excluding carboxylic acids is 1. The van der Waals surface area contributed by atoms with Crippen molar-refractivity contribution >= 4 is 34.9 Å². The number of fused-ring (bicyclic) bond motifs is 1. The Morgan fingerprint density at radius 2 is 1.94 bits per heavy atom. The number of carbonyl (C=O) groups is 1. The Hall–Kier alpha value is -2.91. The molecule has 1 amide bonds. The van der Waals surface area contributed by atoms with E-state index in [1.165, 1.54) is 0 Å². The number of piperazine rings is 1. The van der Waals surface area contributed by atoms with Gasteiger partial charge in [-0.3, -0.25) is 4.79 Å². The third-order valence-corrected chi connectivity index (χ3v) is 7.57. The lowest BCUT2D eigenvalue weighted by Gasteiger charge is -2.37. The van der Waals surface area contributed by atoms with Gasteiger partial charge in [-0.1, -0.05) is 17.7 Å². The number of imidazole rings is 1. The molecule has 0 saturated carbocycles. The maximum absolute atomic E-state index is 13.3. The van der Waals surface area contributed by atoms with E-state index < -0.39 is 5.54 Å². The highest BCUT2D eigenvalue weighted by molar-refractivity contribution is 6.32. The largest absolute Gasteiger partial charge is 0.354 e. The third kappa shape index (κ3) is 4.67. The van der Waals surface area contributed by atoms with E-state index in [1.54, 1.807) is 6.20 Å². The van der Waals surface area contributed by atoms with E-state index in [4.69, 9.17) is 16.6 Å². The Morgan fingerprint density at radius 3 is 2.74 bits per heavy atom. The van der Waals surface area contributed by atoms with Crippen LogP contribution >= 0.6 is 11.6 Å². The van der Waals surface area contributed by atoms with Crippen LogP contribution in [-0.4, -0.2) is 76.0 Å². The number of hydrogen-bond acceptors (Lipinski definition) is 7. The van der Waals surface area contributed by atoms with Crippen molar-refractivity contribution in [1.82, 2.24) is 29.6 Å². The van der Waals surface area contributed by atoms with Gasteiger partial charge in [-0.25, -0.2) is 9.97 Å². The quantitative estimate of drug-likeness (QED) is 0.581.